The first kappa shape index (κ1) is 9.02. The lowest BCUT2D eigenvalue weighted by Gasteiger charge is -1.98. The molecule has 1 amide bonds. The second-order valence-corrected chi connectivity index (χ2v) is 2.41. The summed E-state index contributed by atoms with van der Waals surface area (Å²) >= 11 is 0. The normalized spacial score (nSPS) is 9.00. The molecule has 1 rings (SSSR count). The van der Waals surface area contributed by atoms with E-state index in [4.69, 9.17) is 11.3 Å². The second kappa shape index (κ2) is 3.55. The first-order valence-electron chi connectivity index (χ1n) is 3.47. The summed E-state index contributed by atoms with van der Waals surface area (Å²) in [7, 11) is 0. The molecule has 0 unspecified atom stereocenters. The number of nitrogens with zero attached hydrogens (tertiary/aromatic N) is 4. The number of rotatable bonds is 2. The molecule has 1 heterocycles. The van der Waals surface area contributed by atoms with E-state index < -0.39 is 5.91 Å². The average molecular weight is 177 g/mol. The molecule has 2 N–H and O–H groups in total. The maximum atomic E-state index is 10.8. The maximum absolute atomic E-state index is 10.8. The van der Waals surface area contributed by atoms with Crippen molar-refractivity contribution in [1.29, 1.82) is 0 Å². The quantitative estimate of drug-likeness (QED) is 0.419. The molecule has 0 bridgehead atoms. The van der Waals surface area contributed by atoms with Gasteiger partial charge in [0.1, 0.15) is 5.82 Å². The number of pyridine rings is 1. The van der Waals surface area contributed by atoms with Crippen LogP contribution in [0.1, 0.15) is 16.1 Å². The van der Waals surface area contributed by atoms with Gasteiger partial charge in [0.2, 0.25) is 5.91 Å². The Labute approximate surface area is 74.0 Å². The molecule has 0 aliphatic carbocycles. The molecule has 13 heavy (non-hydrogen) atoms. The van der Waals surface area contributed by atoms with Crippen LogP contribution in [-0.4, -0.2) is 10.9 Å². The van der Waals surface area contributed by atoms with E-state index in [1.165, 1.54) is 12.1 Å². The topological polar surface area (TPSA) is 105 Å². The predicted molar refractivity (Wildman–Crippen MR) is 46.3 cm³/mol. The van der Waals surface area contributed by atoms with Gasteiger partial charge in [0.05, 0.1) is 0 Å². The number of hydrogen-bond acceptors (Lipinski definition) is 3. The zero-order chi connectivity index (χ0) is 9.84. The number of carbonyl (C=O) groups excluding carboxylic acids is 1. The van der Waals surface area contributed by atoms with Crippen molar-refractivity contribution in [2.45, 2.75) is 6.92 Å². The van der Waals surface area contributed by atoms with Crippen molar-refractivity contribution in [3.8, 4) is 0 Å². The van der Waals surface area contributed by atoms with Gasteiger partial charge in [-0.15, -0.1) is 0 Å². The van der Waals surface area contributed by atoms with E-state index in [1.807, 2.05) is 0 Å². The summed E-state index contributed by atoms with van der Waals surface area (Å²) in [5.74, 6) is -0.420. The van der Waals surface area contributed by atoms with E-state index in [9.17, 15) is 4.79 Å². The van der Waals surface area contributed by atoms with Gasteiger partial charge in [-0.1, -0.05) is 0 Å². The van der Waals surface area contributed by atoms with Gasteiger partial charge in [-0.3, -0.25) is 9.78 Å². The Morgan fingerprint density at radius 3 is 2.92 bits per heavy atom. The van der Waals surface area contributed by atoms with Crippen molar-refractivity contribution in [1.82, 2.24) is 4.98 Å². The molecule has 0 saturated heterocycles. The zero-order valence-corrected chi connectivity index (χ0v) is 6.93. The standard InChI is InChI=1S/C7H7N5O/c1-4-2-5(7(8)13)3-6(10-4)11-12-9/h2-3H,1H3,(H2,8,13). The molecule has 0 saturated carbocycles. The molecule has 0 atom stereocenters. The highest BCUT2D eigenvalue weighted by molar-refractivity contribution is 5.93. The summed E-state index contributed by atoms with van der Waals surface area (Å²) in [6, 6.07) is 2.87. The molecule has 1 aromatic heterocycles. The van der Waals surface area contributed by atoms with Gasteiger partial charge in [0, 0.05) is 16.2 Å². The molecule has 0 radical (unpaired) electrons. The fourth-order valence-corrected chi connectivity index (χ4v) is 0.890. The van der Waals surface area contributed by atoms with Crippen molar-refractivity contribution in [2.24, 2.45) is 10.8 Å². The first-order chi connectivity index (χ1) is 6.13. The molecule has 6 heteroatoms. The van der Waals surface area contributed by atoms with Crippen LogP contribution in [0.25, 0.3) is 10.4 Å². The lowest BCUT2D eigenvalue weighted by molar-refractivity contribution is 0.1000. The van der Waals surface area contributed by atoms with Gasteiger partial charge in [0.15, 0.2) is 0 Å². The molecule has 0 aromatic carbocycles. The van der Waals surface area contributed by atoms with Crippen molar-refractivity contribution >= 4 is 11.7 Å². The zero-order valence-electron chi connectivity index (χ0n) is 6.93. The smallest absolute Gasteiger partial charge is 0.248 e. The Hall–Kier alpha value is -2.07. The van der Waals surface area contributed by atoms with Crippen molar-refractivity contribution < 1.29 is 4.79 Å². The third-order valence-electron chi connectivity index (χ3n) is 1.37. The molecule has 1 aromatic rings. The third-order valence-corrected chi connectivity index (χ3v) is 1.37. The molecular formula is C7H7N5O. The maximum Gasteiger partial charge on any atom is 0.248 e. The van der Waals surface area contributed by atoms with E-state index >= 15 is 0 Å². The van der Waals surface area contributed by atoms with E-state index in [1.54, 1.807) is 6.92 Å². The molecule has 0 aliphatic rings. The highest BCUT2D eigenvalue weighted by Gasteiger charge is 2.02. The Kier molecular flexibility index (Phi) is 2.47. The monoisotopic (exact) mass is 177 g/mol. The minimum atomic E-state index is -0.570. The fourth-order valence-electron chi connectivity index (χ4n) is 0.890. The first-order valence-corrected chi connectivity index (χ1v) is 3.47. The Morgan fingerprint density at radius 1 is 1.69 bits per heavy atom. The van der Waals surface area contributed by atoms with Crippen molar-refractivity contribution in [3.63, 3.8) is 0 Å². The van der Waals surface area contributed by atoms with Gasteiger partial charge in [-0.05, 0) is 29.7 Å². The van der Waals surface area contributed by atoms with E-state index in [2.05, 4.69) is 15.0 Å². The van der Waals surface area contributed by atoms with Crippen LogP contribution >= 0.6 is 0 Å². The van der Waals surface area contributed by atoms with Crippen molar-refractivity contribution in [3.05, 3.63) is 33.8 Å². The Morgan fingerprint density at radius 2 is 2.38 bits per heavy atom. The lowest BCUT2D eigenvalue weighted by Crippen LogP contribution is -2.11. The number of carbonyl (C=O) groups is 1. The summed E-state index contributed by atoms with van der Waals surface area (Å²) in [4.78, 5) is 17.2. The van der Waals surface area contributed by atoms with Gasteiger partial charge in [0.25, 0.3) is 0 Å². The van der Waals surface area contributed by atoms with Crippen LogP contribution in [0.5, 0.6) is 0 Å². The highest BCUT2D eigenvalue weighted by atomic mass is 16.1. The fraction of sp³-hybridized carbons (Fsp3) is 0.143. The number of azide groups is 1. The molecule has 66 valence electrons. The van der Waals surface area contributed by atoms with Crippen molar-refractivity contribution in [2.75, 3.05) is 0 Å². The van der Waals surface area contributed by atoms with Gasteiger partial charge in [-0.2, -0.15) is 0 Å². The van der Waals surface area contributed by atoms with Gasteiger partial charge < -0.3 is 5.73 Å². The van der Waals surface area contributed by atoms with E-state index in [-0.39, 0.29) is 11.4 Å². The lowest BCUT2D eigenvalue weighted by atomic mass is 10.2. The number of primary amides is 1. The number of aryl methyl sites for hydroxylation is 1. The van der Waals surface area contributed by atoms with Crippen LogP contribution in [0.3, 0.4) is 0 Å². The number of nitrogens with two attached hydrogens (primary N) is 1. The molecular weight excluding hydrogens is 170 g/mol. The third kappa shape index (κ3) is 2.18. The largest absolute Gasteiger partial charge is 0.366 e. The van der Waals surface area contributed by atoms with Crippen LogP contribution in [0.4, 0.5) is 5.82 Å². The molecule has 0 spiro atoms. The van der Waals surface area contributed by atoms with Crippen LogP contribution in [-0.2, 0) is 0 Å². The summed E-state index contributed by atoms with van der Waals surface area (Å²) in [6.07, 6.45) is 0. The van der Waals surface area contributed by atoms with Crippen LogP contribution in [0.2, 0.25) is 0 Å². The van der Waals surface area contributed by atoms with Crippen LogP contribution < -0.4 is 5.73 Å². The number of aromatic nitrogens is 1. The average Bonchev–Trinajstić information content (AvgIpc) is 2.03. The minimum Gasteiger partial charge on any atom is -0.366 e. The molecule has 0 fully saturated rings. The molecule has 6 nitrogen and oxygen atoms in total. The van der Waals surface area contributed by atoms with E-state index in [0.29, 0.717) is 5.69 Å². The van der Waals surface area contributed by atoms with Crippen LogP contribution in [0, 0.1) is 6.92 Å². The van der Waals surface area contributed by atoms with E-state index in [0.717, 1.165) is 0 Å². The molecule has 0 aliphatic heterocycles. The summed E-state index contributed by atoms with van der Waals surface area (Å²) in [5.41, 5.74) is 14.1. The Bertz CT molecular complexity index is 374. The second-order valence-electron chi connectivity index (χ2n) is 2.41. The number of amides is 1. The SMILES string of the molecule is Cc1cc(C(N)=O)cc(N=[N+]=[N-])n1. The van der Waals surface area contributed by atoms with Crippen LogP contribution in [0.15, 0.2) is 17.2 Å². The highest BCUT2D eigenvalue weighted by Crippen LogP contribution is 2.12. The number of hydrogen-bond donors (Lipinski definition) is 1. The van der Waals surface area contributed by atoms with Gasteiger partial charge in [-0.25, -0.2) is 0 Å². The predicted octanol–water partition coefficient (Wildman–Crippen LogP) is 1.43. The minimum absolute atomic E-state index is 0.149. The Balaban J connectivity index is 3.26. The summed E-state index contributed by atoms with van der Waals surface area (Å²) < 4.78 is 0. The van der Waals surface area contributed by atoms with Gasteiger partial charge >= 0.3 is 0 Å². The summed E-state index contributed by atoms with van der Waals surface area (Å²) in [5, 5.41) is 3.27. The summed E-state index contributed by atoms with van der Waals surface area (Å²) in [6.45, 7) is 1.68.